The molecule has 1 rings (SSSR count). The van der Waals surface area contributed by atoms with Gasteiger partial charge in [0.1, 0.15) is 0 Å². The first-order valence-electron chi connectivity index (χ1n) is 2.90. The van der Waals surface area contributed by atoms with E-state index >= 15 is 0 Å². The lowest BCUT2D eigenvalue weighted by molar-refractivity contribution is 1.53. The summed E-state index contributed by atoms with van der Waals surface area (Å²) in [5.74, 6) is 0. The summed E-state index contributed by atoms with van der Waals surface area (Å²) >= 11 is 5.65. The number of nitrogens with two attached hydrogens (primary N) is 1. The van der Waals surface area contributed by atoms with E-state index in [1.54, 1.807) is 12.1 Å². The fraction of sp³-hybridized carbons (Fsp3) is 0. The number of hydrogen-bond donors (Lipinski definition) is 1. The van der Waals surface area contributed by atoms with E-state index in [0.29, 0.717) is 10.7 Å². The number of benzene rings is 1. The Morgan fingerprint density at radius 2 is 1.80 bits per heavy atom. The first kappa shape index (κ1) is 7.16. The third-order valence-corrected chi connectivity index (χ3v) is 1.47. The Bertz CT molecular complexity index is 238. The molecule has 1 aromatic carbocycles. The van der Waals surface area contributed by atoms with Crippen LogP contribution >= 0.6 is 11.6 Å². The summed E-state index contributed by atoms with van der Waals surface area (Å²) in [6.07, 6.45) is 0. The number of halogens is 1. The Hall–Kier alpha value is -0.950. The fourth-order valence-corrected chi connectivity index (χ4v) is 0.790. The second-order valence-electron chi connectivity index (χ2n) is 2.03. The van der Waals surface area contributed by atoms with Gasteiger partial charge >= 0.3 is 0 Å². The van der Waals surface area contributed by atoms with Crippen LogP contribution in [0.1, 0.15) is 5.56 Å². The van der Waals surface area contributed by atoms with Crippen molar-refractivity contribution in [1.29, 1.82) is 0 Å². The normalized spacial score (nSPS) is 9.30. The molecule has 0 heterocycles. The van der Waals surface area contributed by atoms with Gasteiger partial charge in [0.2, 0.25) is 0 Å². The van der Waals surface area contributed by atoms with Crippen LogP contribution < -0.4 is 5.73 Å². The van der Waals surface area contributed by atoms with Crippen molar-refractivity contribution in [2.45, 2.75) is 0 Å². The molecule has 0 aromatic heterocycles. The van der Waals surface area contributed by atoms with Gasteiger partial charge in [-0.1, -0.05) is 30.3 Å². The monoisotopic (exact) mass is 153 g/mol. The van der Waals surface area contributed by atoms with Crippen LogP contribution in [-0.2, 0) is 0 Å². The third-order valence-electron chi connectivity index (χ3n) is 1.22. The molecule has 0 aliphatic heterocycles. The summed E-state index contributed by atoms with van der Waals surface area (Å²) in [6, 6.07) is 7.25. The van der Waals surface area contributed by atoms with Gasteiger partial charge in [0, 0.05) is 10.7 Å². The van der Waals surface area contributed by atoms with Crippen molar-refractivity contribution in [3.8, 4) is 0 Å². The summed E-state index contributed by atoms with van der Waals surface area (Å²) in [7, 11) is 0. The second-order valence-corrected chi connectivity index (χ2v) is 2.47. The van der Waals surface area contributed by atoms with E-state index in [2.05, 4.69) is 6.58 Å². The van der Waals surface area contributed by atoms with Gasteiger partial charge in [0.25, 0.3) is 0 Å². The standard InChI is InChI=1S/C8H8ClN/c1-6(10)7-2-4-8(9)5-3-7/h2-5H,1,10H2. The minimum Gasteiger partial charge on any atom is -0.399 e. The molecule has 0 atom stereocenters. The first-order chi connectivity index (χ1) is 4.70. The molecule has 2 heteroatoms. The van der Waals surface area contributed by atoms with Crippen LogP contribution in [0, 0.1) is 0 Å². The van der Waals surface area contributed by atoms with E-state index in [1.807, 2.05) is 12.1 Å². The maximum atomic E-state index is 5.65. The highest BCUT2D eigenvalue weighted by Gasteiger charge is 1.91. The van der Waals surface area contributed by atoms with Crippen LogP contribution in [0.3, 0.4) is 0 Å². The molecule has 52 valence electrons. The average Bonchev–Trinajstić information content (AvgIpc) is 1.88. The van der Waals surface area contributed by atoms with E-state index in [-0.39, 0.29) is 0 Å². The lowest BCUT2D eigenvalue weighted by Gasteiger charge is -1.97. The Balaban J connectivity index is 3.00. The largest absolute Gasteiger partial charge is 0.399 e. The molecule has 0 bridgehead atoms. The Morgan fingerprint density at radius 1 is 1.30 bits per heavy atom. The Kier molecular flexibility index (Phi) is 1.97. The van der Waals surface area contributed by atoms with Gasteiger partial charge in [-0.3, -0.25) is 0 Å². The molecule has 0 fully saturated rings. The van der Waals surface area contributed by atoms with Gasteiger partial charge < -0.3 is 5.73 Å². The van der Waals surface area contributed by atoms with E-state index < -0.39 is 0 Å². The summed E-state index contributed by atoms with van der Waals surface area (Å²) < 4.78 is 0. The molecule has 0 unspecified atom stereocenters. The Morgan fingerprint density at radius 3 is 2.20 bits per heavy atom. The molecular formula is C8H8ClN. The highest BCUT2D eigenvalue weighted by molar-refractivity contribution is 6.30. The SMILES string of the molecule is C=C(N)c1ccc(Cl)cc1. The summed E-state index contributed by atoms with van der Waals surface area (Å²) in [6.45, 7) is 3.59. The molecular weight excluding hydrogens is 146 g/mol. The summed E-state index contributed by atoms with van der Waals surface area (Å²) in [5.41, 5.74) is 6.91. The molecule has 1 nitrogen and oxygen atoms in total. The molecule has 0 saturated heterocycles. The van der Waals surface area contributed by atoms with Crippen molar-refractivity contribution < 1.29 is 0 Å². The fourth-order valence-electron chi connectivity index (χ4n) is 0.664. The van der Waals surface area contributed by atoms with Crippen molar-refractivity contribution in [3.05, 3.63) is 41.4 Å². The maximum absolute atomic E-state index is 5.65. The molecule has 1 aromatic rings. The van der Waals surface area contributed by atoms with Gasteiger partial charge in [-0.2, -0.15) is 0 Å². The van der Waals surface area contributed by atoms with E-state index in [9.17, 15) is 0 Å². The van der Waals surface area contributed by atoms with Gasteiger partial charge in [0.05, 0.1) is 0 Å². The van der Waals surface area contributed by atoms with Crippen LogP contribution in [-0.4, -0.2) is 0 Å². The maximum Gasteiger partial charge on any atom is 0.0406 e. The molecule has 2 N–H and O–H groups in total. The van der Waals surface area contributed by atoms with E-state index in [4.69, 9.17) is 17.3 Å². The topological polar surface area (TPSA) is 26.0 Å². The molecule has 0 radical (unpaired) electrons. The highest BCUT2D eigenvalue weighted by atomic mass is 35.5. The van der Waals surface area contributed by atoms with Gasteiger partial charge in [-0.05, 0) is 17.7 Å². The molecule has 0 saturated carbocycles. The van der Waals surface area contributed by atoms with Crippen LogP contribution in [0.15, 0.2) is 30.8 Å². The molecule has 0 amide bonds. The first-order valence-corrected chi connectivity index (χ1v) is 3.28. The highest BCUT2D eigenvalue weighted by Crippen LogP contribution is 2.12. The van der Waals surface area contributed by atoms with Crippen LogP contribution in [0.4, 0.5) is 0 Å². The lowest BCUT2D eigenvalue weighted by atomic mass is 10.2. The predicted molar refractivity (Wildman–Crippen MR) is 44.7 cm³/mol. The number of hydrogen-bond acceptors (Lipinski definition) is 1. The molecule has 0 aliphatic carbocycles. The zero-order valence-corrected chi connectivity index (χ0v) is 6.23. The quantitative estimate of drug-likeness (QED) is 0.658. The van der Waals surface area contributed by atoms with Crippen molar-refractivity contribution in [2.24, 2.45) is 5.73 Å². The van der Waals surface area contributed by atoms with Gasteiger partial charge in [-0.25, -0.2) is 0 Å². The Labute approximate surface area is 65.1 Å². The minimum absolute atomic E-state index is 0.566. The zero-order valence-electron chi connectivity index (χ0n) is 5.47. The number of rotatable bonds is 1. The minimum atomic E-state index is 0.566. The van der Waals surface area contributed by atoms with Gasteiger partial charge in [0.15, 0.2) is 0 Å². The van der Waals surface area contributed by atoms with Crippen molar-refractivity contribution in [1.82, 2.24) is 0 Å². The van der Waals surface area contributed by atoms with E-state index in [0.717, 1.165) is 5.56 Å². The van der Waals surface area contributed by atoms with Gasteiger partial charge in [-0.15, -0.1) is 0 Å². The third kappa shape index (κ3) is 1.52. The van der Waals surface area contributed by atoms with Crippen molar-refractivity contribution in [3.63, 3.8) is 0 Å². The summed E-state index contributed by atoms with van der Waals surface area (Å²) in [4.78, 5) is 0. The van der Waals surface area contributed by atoms with Crippen molar-refractivity contribution in [2.75, 3.05) is 0 Å². The van der Waals surface area contributed by atoms with Crippen LogP contribution in [0.5, 0.6) is 0 Å². The second kappa shape index (κ2) is 2.76. The van der Waals surface area contributed by atoms with E-state index in [1.165, 1.54) is 0 Å². The molecule has 0 aliphatic rings. The van der Waals surface area contributed by atoms with Crippen LogP contribution in [0.25, 0.3) is 5.70 Å². The zero-order chi connectivity index (χ0) is 7.56. The molecule has 10 heavy (non-hydrogen) atoms. The van der Waals surface area contributed by atoms with Crippen molar-refractivity contribution >= 4 is 17.3 Å². The average molecular weight is 154 g/mol. The predicted octanol–water partition coefficient (Wildman–Crippen LogP) is 2.27. The van der Waals surface area contributed by atoms with Crippen LogP contribution in [0.2, 0.25) is 5.02 Å². The lowest BCUT2D eigenvalue weighted by Crippen LogP contribution is -1.92. The smallest absolute Gasteiger partial charge is 0.0406 e. The molecule has 0 spiro atoms. The summed E-state index contributed by atoms with van der Waals surface area (Å²) in [5, 5.41) is 0.713.